The molecule has 0 aliphatic rings. The van der Waals surface area contributed by atoms with Crippen LogP contribution in [-0.4, -0.2) is 42.8 Å². The molecule has 2 nitrogen and oxygen atoms in total. The van der Waals surface area contributed by atoms with Crippen LogP contribution in [-0.2, 0) is 0 Å². The second-order valence-corrected chi connectivity index (χ2v) is 3.57. The van der Waals surface area contributed by atoms with Gasteiger partial charge in [0.05, 0.1) is 27.7 Å². The average Bonchev–Trinajstić information content (AvgIpc) is 1.64. The topological polar surface area (TPSA) is 20.2 Å². The lowest BCUT2D eigenvalue weighted by molar-refractivity contribution is -0.882. The van der Waals surface area contributed by atoms with Crippen molar-refractivity contribution in [2.75, 3.05) is 27.7 Å². The number of rotatable bonds is 3. The fourth-order valence-electron chi connectivity index (χ4n) is 0.494. The molecule has 64 valence electrons. The maximum atomic E-state index is 8.51. The summed E-state index contributed by atoms with van der Waals surface area (Å²) in [6.45, 7) is 0.170. The van der Waals surface area contributed by atoms with E-state index in [4.69, 9.17) is 16.7 Å². The molecular formula is C6H15Cl2NO. The summed E-state index contributed by atoms with van der Waals surface area (Å²) in [5.74, 6) is 0. The van der Waals surface area contributed by atoms with Crippen molar-refractivity contribution in [1.29, 1.82) is 0 Å². The lowest BCUT2D eigenvalue weighted by atomic mass is 10.4. The molecule has 1 atom stereocenters. The molecule has 0 spiro atoms. The predicted octanol–water partition coefficient (Wildman–Crippen LogP) is -2.36. The minimum atomic E-state index is 0. The molecule has 1 unspecified atom stereocenters. The van der Waals surface area contributed by atoms with Crippen molar-refractivity contribution in [1.82, 2.24) is 0 Å². The van der Waals surface area contributed by atoms with Gasteiger partial charge in [-0.3, -0.25) is 0 Å². The number of nitrogens with zero attached hydrogens (tertiary/aromatic N) is 1. The van der Waals surface area contributed by atoms with Crippen LogP contribution in [0.15, 0.2) is 0 Å². The van der Waals surface area contributed by atoms with E-state index in [9.17, 15) is 0 Å². The highest BCUT2D eigenvalue weighted by Crippen LogP contribution is 2.10. The zero-order valence-electron chi connectivity index (χ0n) is 6.64. The third-order valence-corrected chi connectivity index (χ3v) is 2.01. The van der Waals surface area contributed by atoms with E-state index in [0.29, 0.717) is 10.9 Å². The van der Waals surface area contributed by atoms with Crippen molar-refractivity contribution < 1.29 is 22.0 Å². The molecule has 0 bridgehead atoms. The molecule has 10 heavy (non-hydrogen) atoms. The molecule has 0 saturated heterocycles. The van der Waals surface area contributed by atoms with Gasteiger partial charge in [-0.15, -0.1) is 0 Å². The van der Waals surface area contributed by atoms with Crippen molar-refractivity contribution in [3.05, 3.63) is 0 Å². The Bertz CT molecular complexity index is 82.3. The highest BCUT2D eigenvalue weighted by molar-refractivity contribution is 6.19. The van der Waals surface area contributed by atoms with Crippen LogP contribution in [0.1, 0.15) is 6.42 Å². The van der Waals surface area contributed by atoms with E-state index in [1.165, 1.54) is 0 Å². The van der Waals surface area contributed by atoms with Crippen molar-refractivity contribution in [3.63, 3.8) is 0 Å². The van der Waals surface area contributed by atoms with Crippen molar-refractivity contribution in [3.8, 4) is 0 Å². The molecule has 0 aromatic rings. The van der Waals surface area contributed by atoms with Crippen LogP contribution in [0.5, 0.6) is 0 Å². The summed E-state index contributed by atoms with van der Waals surface area (Å²) in [5.41, 5.74) is 0.0231. The lowest BCUT2D eigenvalue weighted by Gasteiger charge is -2.28. The zero-order chi connectivity index (χ0) is 7.49. The van der Waals surface area contributed by atoms with Gasteiger partial charge in [-0.25, -0.2) is 0 Å². The molecule has 0 rings (SSSR count). The Labute approximate surface area is 73.8 Å². The number of halogens is 2. The van der Waals surface area contributed by atoms with E-state index in [-0.39, 0.29) is 24.5 Å². The highest BCUT2D eigenvalue weighted by Gasteiger charge is 2.18. The quantitative estimate of drug-likeness (QED) is 0.298. The number of aliphatic hydroxyl groups excluding tert-OH is 1. The Morgan fingerprint density at radius 3 is 1.90 bits per heavy atom. The van der Waals surface area contributed by atoms with Gasteiger partial charge in [-0.1, -0.05) is 11.6 Å². The van der Waals surface area contributed by atoms with Gasteiger partial charge in [0.15, 0.2) is 5.50 Å². The summed E-state index contributed by atoms with van der Waals surface area (Å²) in [7, 11) is 6.02. The van der Waals surface area contributed by atoms with E-state index in [1.807, 2.05) is 21.1 Å². The summed E-state index contributed by atoms with van der Waals surface area (Å²) in [6, 6.07) is 0. The second-order valence-electron chi connectivity index (χ2n) is 3.06. The molecule has 0 radical (unpaired) electrons. The molecule has 0 heterocycles. The number of hydrogen-bond donors (Lipinski definition) is 1. The second kappa shape index (κ2) is 5.19. The molecule has 0 amide bonds. The Morgan fingerprint density at radius 2 is 1.80 bits per heavy atom. The maximum absolute atomic E-state index is 8.51. The summed E-state index contributed by atoms with van der Waals surface area (Å²) >= 11 is 5.87. The largest absolute Gasteiger partial charge is 1.00 e. The molecule has 0 aliphatic heterocycles. The van der Waals surface area contributed by atoms with E-state index < -0.39 is 0 Å². The molecule has 1 N–H and O–H groups in total. The van der Waals surface area contributed by atoms with Gasteiger partial charge >= 0.3 is 0 Å². The molecule has 4 heteroatoms. The fourth-order valence-corrected chi connectivity index (χ4v) is 0.591. The van der Waals surface area contributed by atoms with Crippen LogP contribution in [0.3, 0.4) is 0 Å². The van der Waals surface area contributed by atoms with Crippen LogP contribution in [0.25, 0.3) is 0 Å². The molecule has 0 aromatic heterocycles. The molecule has 0 aliphatic carbocycles. The number of aliphatic hydroxyl groups is 1. The summed E-state index contributed by atoms with van der Waals surface area (Å²) in [4.78, 5) is 0. The molecular weight excluding hydrogens is 173 g/mol. The summed E-state index contributed by atoms with van der Waals surface area (Å²) in [6.07, 6.45) is 0.658. The molecule has 0 fully saturated rings. The van der Waals surface area contributed by atoms with Crippen LogP contribution < -0.4 is 12.4 Å². The summed E-state index contributed by atoms with van der Waals surface area (Å²) < 4.78 is 0.697. The first kappa shape index (κ1) is 13.1. The third kappa shape index (κ3) is 5.30. The lowest BCUT2D eigenvalue weighted by Crippen LogP contribution is -3.00. The average molecular weight is 188 g/mol. The first-order chi connectivity index (χ1) is 3.98. The van der Waals surface area contributed by atoms with Gasteiger partial charge in [0, 0.05) is 6.42 Å². The van der Waals surface area contributed by atoms with Gasteiger partial charge in [0.1, 0.15) is 0 Å². The minimum Gasteiger partial charge on any atom is -1.00 e. The first-order valence-electron chi connectivity index (χ1n) is 3.04. The Morgan fingerprint density at radius 1 is 1.40 bits per heavy atom. The number of alkyl halides is 1. The van der Waals surface area contributed by atoms with E-state index in [2.05, 4.69) is 0 Å². The predicted molar refractivity (Wildman–Crippen MR) is 39.4 cm³/mol. The third-order valence-electron chi connectivity index (χ3n) is 1.21. The standard InChI is InChI=1S/C6H15ClNO.ClH/c1-8(2,3)6(7)4-5-9;/h6,9H,4-5H2,1-3H3;1H/q+1;/p-1. The van der Waals surface area contributed by atoms with E-state index in [1.54, 1.807) is 0 Å². The van der Waals surface area contributed by atoms with Gasteiger partial charge in [0.2, 0.25) is 0 Å². The van der Waals surface area contributed by atoms with E-state index in [0.717, 1.165) is 0 Å². The maximum Gasteiger partial charge on any atom is 0.166 e. The van der Waals surface area contributed by atoms with Crippen LogP contribution in [0.4, 0.5) is 0 Å². The molecule has 0 saturated carbocycles. The van der Waals surface area contributed by atoms with Crippen LogP contribution >= 0.6 is 11.6 Å². The van der Waals surface area contributed by atoms with Crippen LogP contribution in [0.2, 0.25) is 0 Å². The Hall–Kier alpha value is 0.500. The Balaban J connectivity index is 0. The van der Waals surface area contributed by atoms with Gasteiger partial charge in [-0.2, -0.15) is 0 Å². The van der Waals surface area contributed by atoms with Crippen molar-refractivity contribution in [2.24, 2.45) is 0 Å². The van der Waals surface area contributed by atoms with Gasteiger partial charge < -0.3 is 22.0 Å². The SMILES string of the molecule is C[N+](C)(C)C(Cl)CCO.[Cl-]. The summed E-state index contributed by atoms with van der Waals surface area (Å²) in [5, 5.41) is 8.51. The molecule has 0 aromatic carbocycles. The van der Waals surface area contributed by atoms with Crippen LogP contribution in [0, 0.1) is 0 Å². The first-order valence-corrected chi connectivity index (χ1v) is 3.48. The van der Waals surface area contributed by atoms with Crippen molar-refractivity contribution in [2.45, 2.75) is 11.9 Å². The minimum absolute atomic E-state index is 0. The number of quaternary nitrogens is 1. The highest BCUT2D eigenvalue weighted by atomic mass is 35.5. The number of hydrogen-bond acceptors (Lipinski definition) is 1. The van der Waals surface area contributed by atoms with Crippen molar-refractivity contribution >= 4 is 11.6 Å². The Kier molecular flexibility index (Phi) is 6.81. The fraction of sp³-hybridized carbons (Fsp3) is 1.00. The zero-order valence-corrected chi connectivity index (χ0v) is 8.15. The van der Waals surface area contributed by atoms with E-state index >= 15 is 0 Å². The van der Waals surface area contributed by atoms with Gasteiger partial charge in [-0.05, 0) is 0 Å². The van der Waals surface area contributed by atoms with Gasteiger partial charge in [0.25, 0.3) is 0 Å². The monoisotopic (exact) mass is 187 g/mol. The smallest absolute Gasteiger partial charge is 0.166 e. The normalized spacial score (nSPS) is 14.1.